The second-order valence-corrected chi connectivity index (χ2v) is 5.55. The third-order valence-electron chi connectivity index (χ3n) is 3.41. The van der Waals surface area contributed by atoms with Crippen molar-refractivity contribution in [3.8, 4) is 0 Å². The van der Waals surface area contributed by atoms with E-state index in [4.69, 9.17) is 4.74 Å². The summed E-state index contributed by atoms with van der Waals surface area (Å²) in [6, 6.07) is 8.22. The Kier molecular flexibility index (Phi) is 4.27. The third-order valence-corrected chi connectivity index (χ3v) is 4.25. The van der Waals surface area contributed by atoms with Crippen LogP contribution in [0.15, 0.2) is 24.3 Å². The van der Waals surface area contributed by atoms with Crippen LogP contribution in [0.5, 0.6) is 0 Å². The number of nitrogens with zero attached hydrogens (tertiary/aromatic N) is 1. The van der Waals surface area contributed by atoms with Crippen molar-refractivity contribution in [1.29, 1.82) is 0 Å². The maximum atomic E-state index is 5.88. The molecule has 1 fully saturated rings. The summed E-state index contributed by atoms with van der Waals surface area (Å²) in [6.07, 6.45) is 2.69. The SMILES string of the molecule is c1ccc2c(NCCOC3CCNCC3)snc2c1. The molecule has 0 atom stereocenters. The Bertz CT molecular complexity index is 522. The van der Waals surface area contributed by atoms with E-state index in [-0.39, 0.29) is 0 Å². The van der Waals surface area contributed by atoms with Crippen LogP contribution < -0.4 is 10.6 Å². The molecule has 0 bridgehead atoms. The average molecular weight is 277 g/mol. The fourth-order valence-corrected chi connectivity index (χ4v) is 3.16. The number of nitrogens with one attached hydrogen (secondary N) is 2. The van der Waals surface area contributed by atoms with Crippen molar-refractivity contribution in [1.82, 2.24) is 9.69 Å². The van der Waals surface area contributed by atoms with Crippen LogP contribution in [0.25, 0.3) is 10.9 Å². The lowest BCUT2D eigenvalue weighted by Crippen LogP contribution is -2.33. The molecule has 1 aromatic carbocycles. The van der Waals surface area contributed by atoms with Crippen LogP contribution in [0.3, 0.4) is 0 Å². The van der Waals surface area contributed by atoms with Crippen LogP contribution in [-0.2, 0) is 4.74 Å². The van der Waals surface area contributed by atoms with Crippen LogP contribution >= 0.6 is 11.5 Å². The van der Waals surface area contributed by atoms with Gasteiger partial charge in [-0.3, -0.25) is 0 Å². The zero-order valence-electron chi connectivity index (χ0n) is 10.9. The molecule has 1 aliphatic rings. The molecule has 4 nitrogen and oxygen atoms in total. The molecule has 0 unspecified atom stereocenters. The van der Waals surface area contributed by atoms with Gasteiger partial charge in [0.05, 0.1) is 18.2 Å². The number of fused-ring (bicyclic) bond motifs is 1. The number of benzene rings is 1. The van der Waals surface area contributed by atoms with Crippen molar-refractivity contribution in [2.75, 3.05) is 31.6 Å². The van der Waals surface area contributed by atoms with Crippen LogP contribution in [0.2, 0.25) is 0 Å². The third kappa shape index (κ3) is 3.23. The van der Waals surface area contributed by atoms with E-state index in [1.165, 1.54) is 16.9 Å². The van der Waals surface area contributed by atoms with E-state index in [9.17, 15) is 0 Å². The Morgan fingerprint density at radius 3 is 3.05 bits per heavy atom. The summed E-state index contributed by atoms with van der Waals surface area (Å²) in [5.41, 5.74) is 1.06. The van der Waals surface area contributed by atoms with Crippen LogP contribution in [0.4, 0.5) is 5.00 Å². The van der Waals surface area contributed by atoms with Gasteiger partial charge in [-0.1, -0.05) is 12.1 Å². The molecule has 102 valence electrons. The highest BCUT2D eigenvalue weighted by Gasteiger charge is 2.12. The first-order chi connectivity index (χ1) is 9.43. The minimum Gasteiger partial charge on any atom is -0.376 e. The fraction of sp³-hybridized carbons (Fsp3) is 0.500. The minimum absolute atomic E-state index is 0.432. The molecule has 1 saturated heterocycles. The van der Waals surface area contributed by atoms with Crippen molar-refractivity contribution < 1.29 is 4.74 Å². The molecule has 1 aromatic heterocycles. The quantitative estimate of drug-likeness (QED) is 0.824. The average Bonchev–Trinajstić information content (AvgIpc) is 2.88. The summed E-state index contributed by atoms with van der Waals surface area (Å²) in [5, 5.41) is 9.11. The van der Waals surface area contributed by atoms with Gasteiger partial charge in [-0.15, -0.1) is 0 Å². The highest BCUT2D eigenvalue weighted by atomic mass is 32.1. The van der Waals surface area contributed by atoms with Gasteiger partial charge in [-0.05, 0) is 49.6 Å². The first-order valence-electron chi connectivity index (χ1n) is 6.84. The van der Waals surface area contributed by atoms with Gasteiger partial charge in [-0.2, -0.15) is 4.37 Å². The molecule has 0 saturated carbocycles. The minimum atomic E-state index is 0.432. The predicted molar refractivity (Wildman–Crippen MR) is 80.0 cm³/mol. The van der Waals surface area contributed by atoms with Crippen molar-refractivity contribution in [2.45, 2.75) is 18.9 Å². The van der Waals surface area contributed by atoms with Crippen LogP contribution in [0.1, 0.15) is 12.8 Å². The number of rotatable bonds is 5. The van der Waals surface area contributed by atoms with E-state index in [1.807, 2.05) is 18.2 Å². The Labute approximate surface area is 117 Å². The lowest BCUT2D eigenvalue weighted by molar-refractivity contribution is 0.0394. The molecule has 1 aliphatic heterocycles. The summed E-state index contributed by atoms with van der Waals surface area (Å²) >= 11 is 1.52. The zero-order valence-corrected chi connectivity index (χ0v) is 11.7. The topological polar surface area (TPSA) is 46.2 Å². The standard InChI is InChI=1S/C14H19N3OS/c1-2-4-13-12(3-1)14(19-17-13)16-9-10-18-11-5-7-15-8-6-11/h1-4,11,15-16H,5-10H2. The van der Waals surface area contributed by atoms with Crippen molar-refractivity contribution in [2.24, 2.45) is 0 Å². The summed E-state index contributed by atoms with van der Waals surface area (Å²) < 4.78 is 10.3. The van der Waals surface area contributed by atoms with Gasteiger partial charge in [0.15, 0.2) is 0 Å². The predicted octanol–water partition coefficient (Wildman–Crippen LogP) is 2.48. The highest BCUT2D eigenvalue weighted by Crippen LogP contribution is 2.26. The molecular weight excluding hydrogens is 258 g/mol. The largest absolute Gasteiger partial charge is 0.376 e. The molecule has 3 rings (SSSR count). The van der Waals surface area contributed by atoms with Crippen molar-refractivity contribution >= 4 is 27.4 Å². The molecule has 19 heavy (non-hydrogen) atoms. The lowest BCUT2D eigenvalue weighted by atomic mass is 10.1. The molecule has 0 aliphatic carbocycles. The second kappa shape index (κ2) is 6.32. The van der Waals surface area contributed by atoms with E-state index in [0.717, 1.165) is 49.6 Å². The summed E-state index contributed by atoms with van der Waals surface area (Å²) in [7, 11) is 0. The van der Waals surface area contributed by atoms with E-state index in [1.54, 1.807) is 0 Å². The maximum Gasteiger partial charge on any atom is 0.117 e. The molecule has 2 N–H and O–H groups in total. The first-order valence-corrected chi connectivity index (χ1v) is 7.61. The highest BCUT2D eigenvalue weighted by molar-refractivity contribution is 7.11. The van der Waals surface area contributed by atoms with Crippen LogP contribution in [0, 0.1) is 0 Å². The molecule has 5 heteroatoms. The Morgan fingerprint density at radius 2 is 2.16 bits per heavy atom. The molecule has 2 aromatic rings. The smallest absolute Gasteiger partial charge is 0.117 e. The summed E-state index contributed by atoms with van der Waals surface area (Å²) in [4.78, 5) is 0. The first kappa shape index (κ1) is 12.8. The lowest BCUT2D eigenvalue weighted by Gasteiger charge is -2.22. The Balaban J connectivity index is 1.47. The van der Waals surface area contributed by atoms with Gasteiger partial charge in [0, 0.05) is 11.9 Å². The normalized spacial score (nSPS) is 16.8. The zero-order chi connectivity index (χ0) is 12.9. The van der Waals surface area contributed by atoms with Gasteiger partial charge in [0.1, 0.15) is 5.00 Å². The van der Waals surface area contributed by atoms with Crippen LogP contribution in [-0.4, -0.2) is 36.7 Å². The number of hydrogen-bond donors (Lipinski definition) is 2. The molecule has 0 radical (unpaired) electrons. The van der Waals surface area contributed by atoms with E-state index in [0.29, 0.717) is 6.10 Å². The van der Waals surface area contributed by atoms with Gasteiger partial charge >= 0.3 is 0 Å². The number of hydrogen-bond acceptors (Lipinski definition) is 5. The monoisotopic (exact) mass is 277 g/mol. The van der Waals surface area contributed by atoms with Gasteiger partial charge in [0.25, 0.3) is 0 Å². The van der Waals surface area contributed by atoms with E-state index in [2.05, 4.69) is 21.1 Å². The molecule has 0 amide bonds. The molecule has 0 spiro atoms. The summed E-state index contributed by atoms with van der Waals surface area (Å²) in [6.45, 7) is 3.77. The van der Waals surface area contributed by atoms with E-state index >= 15 is 0 Å². The van der Waals surface area contributed by atoms with E-state index < -0.39 is 0 Å². The van der Waals surface area contributed by atoms with Gasteiger partial charge < -0.3 is 15.4 Å². The summed E-state index contributed by atoms with van der Waals surface area (Å²) in [5.74, 6) is 0. The second-order valence-electron chi connectivity index (χ2n) is 4.78. The molecular formula is C14H19N3OS. The van der Waals surface area contributed by atoms with Crippen molar-refractivity contribution in [3.05, 3.63) is 24.3 Å². The Hall–Kier alpha value is -1.17. The number of aromatic nitrogens is 1. The maximum absolute atomic E-state index is 5.88. The fourth-order valence-electron chi connectivity index (χ4n) is 2.37. The van der Waals surface area contributed by atoms with Gasteiger partial charge in [-0.25, -0.2) is 0 Å². The number of piperidine rings is 1. The molecule has 2 heterocycles. The van der Waals surface area contributed by atoms with Crippen molar-refractivity contribution in [3.63, 3.8) is 0 Å². The van der Waals surface area contributed by atoms with Gasteiger partial charge in [0.2, 0.25) is 0 Å². The number of anilines is 1. The number of ether oxygens (including phenoxy) is 1. The Morgan fingerprint density at radius 1 is 1.32 bits per heavy atom.